The van der Waals surface area contributed by atoms with E-state index in [0.29, 0.717) is 11.8 Å². The molecule has 0 aliphatic heterocycles. The molecule has 6 heteroatoms. The highest BCUT2D eigenvalue weighted by atomic mass is 79.9. The monoisotopic (exact) mass is 325 g/mol. The Hall–Kier alpha value is -0.880. The van der Waals surface area contributed by atoms with Gasteiger partial charge < -0.3 is 4.52 Å². The molecule has 18 heavy (non-hydrogen) atoms. The second kappa shape index (κ2) is 5.01. The molecule has 2 aromatic rings. The number of nitrogens with zero attached hydrogens (tertiary/aromatic N) is 3. The van der Waals surface area contributed by atoms with E-state index in [1.807, 2.05) is 12.1 Å². The van der Waals surface area contributed by atoms with Gasteiger partial charge in [-0.15, -0.1) is 0 Å². The lowest BCUT2D eigenvalue weighted by molar-refractivity contribution is 0.375. The molecule has 0 unspecified atom stereocenters. The highest BCUT2D eigenvalue weighted by Crippen LogP contribution is 2.40. The molecule has 1 aliphatic rings. The fourth-order valence-corrected chi connectivity index (χ4v) is 2.96. The largest absolute Gasteiger partial charge is 0.338 e. The molecule has 0 bridgehead atoms. The Balaban J connectivity index is 1.73. The van der Waals surface area contributed by atoms with Gasteiger partial charge in [-0.25, -0.2) is 4.98 Å². The molecular weight excluding hydrogens is 314 g/mol. The van der Waals surface area contributed by atoms with Gasteiger partial charge in [0.2, 0.25) is 5.89 Å². The zero-order chi connectivity index (χ0) is 12.5. The number of thioether (sulfide) groups is 1. The van der Waals surface area contributed by atoms with Crippen LogP contribution in [-0.2, 0) is 0 Å². The maximum Gasteiger partial charge on any atom is 0.239 e. The normalized spacial score (nSPS) is 16.8. The van der Waals surface area contributed by atoms with E-state index in [9.17, 15) is 0 Å². The predicted octanol–water partition coefficient (Wildman–Crippen LogP) is 3.96. The molecule has 1 fully saturated rings. The summed E-state index contributed by atoms with van der Waals surface area (Å²) in [6.07, 6.45) is 4.15. The summed E-state index contributed by atoms with van der Waals surface area (Å²) in [5, 5.41) is 5.08. The van der Waals surface area contributed by atoms with Crippen LogP contribution in [0.4, 0.5) is 0 Å². The Kier molecular flexibility index (Phi) is 3.39. The van der Waals surface area contributed by atoms with E-state index in [1.54, 1.807) is 18.0 Å². The van der Waals surface area contributed by atoms with Crippen molar-refractivity contribution in [2.24, 2.45) is 0 Å². The van der Waals surface area contributed by atoms with E-state index >= 15 is 0 Å². The van der Waals surface area contributed by atoms with Crippen LogP contribution in [-0.4, -0.2) is 15.1 Å². The Morgan fingerprint density at radius 1 is 1.50 bits per heavy atom. The van der Waals surface area contributed by atoms with Crippen molar-refractivity contribution in [1.29, 1.82) is 0 Å². The zero-order valence-electron chi connectivity index (χ0n) is 9.84. The van der Waals surface area contributed by atoms with Crippen molar-refractivity contribution < 1.29 is 4.52 Å². The number of pyridine rings is 1. The summed E-state index contributed by atoms with van der Waals surface area (Å²) in [6.45, 7) is 2.05. The van der Waals surface area contributed by atoms with Gasteiger partial charge in [0.1, 0.15) is 5.03 Å². The van der Waals surface area contributed by atoms with Crippen molar-refractivity contribution in [2.45, 2.75) is 36.0 Å². The average molecular weight is 326 g/mol. The number of hydrogen-bond donors (Lipinski definition) is 0. The van der Waals surface area contributed by atoms with Crippen LogP contribution in [0.25, 0.3) is 0 Å². The lowest BCUT2D eigenvalue weighted by Gasteiger charge is -2.06. The molecule has 0 N–H and O–H groups in total. The summed E-state index contributed by atoms with van der Waals surface area (Å²) in [5.74, 6) is 2.07. The van der Waals surface area contributed by atoms with Gasteiger partial charge in [-0.05, 0) is 47.8 Å². The molecular formula is C12H12BrN3OS. The second-order valence-electron chi connectivity index (χ2n) is 4.32. The molecule has 0 aromatic carbocycles. The van der Waals surface area contributed by atoms with Gasteiger partial charge in [-0.3, -0.25) is 0 Å². The van der Waals surface area contributed by atoms with Crippen molar-refractivity contribution >= 4 is 27.7 Å². The molecule has 1 aliphatic carbocycles. The smallest absolute Gasteiger partial charge is 0.239 e. The molecule has 2 heterocycles. The van der Waals surface area contributed by atoms with Crippen LogP contribution in [0.3, 0.4) is 0 Å². The first-order chi connectivity index (χ1) is 8.74. The van der Waals surface area contributed by atoms with Crippen LogP contribution in [0.1, 0.15) is 42.6 Å². The third kappa shape index (κ3) is 2.59. The SMILES string of the molecule is C[C@H](Sc1ncccc1Br)c1nc(C2CC2)no1. The fourth-order valence-electron chi connectivity index (χ4n) is 1.60. The summed E-state index contributed by atoms with van der Waals surface area (Å²) in [5.41, 5.74) is 0. The summed E-state index contributed by atoms with van der Waals surface area (Å²) in [4.78, 5) is 8.78. The van der Waals surface area contributed by atoms with Gasteiger partial charge in [0.15, 0.2) is 5.82 Å². The highest BCUT2D eigenvalue weighted by Gasteiger charge is 2.29. The van der Waals surface area contributed by atoms with E-state index in [-0.39, 0.29) is 5.25 Å². The number of halogens is 1. The summed E-state index contributed by atoms with van der Waals surface area (Å²) >= 11 is 5.10. The van der Waals surface area contributed by atoms with Gasteiger partial charge >= 0.3 is 0 Å². The molecule has 2 aromatic heterocycles. The lowest BCUT2D eigenvalue weighted by atomic mass is 10.4. The van der Waals surface area contributed by atoms with Gasteiger partial charge in [-0.2, -0.15) is 4.98 Å². The number of rotatable bonds is 4. The number of hydrogen-bond acceptors (Lipinski definition) is 5. The van der Waals surface area contributed by atoms with E-state index in [1.165, 1.54) is 12.8 Å². The van der Waals surface area contributed by atoms with Crippen molar-refractivity contribution in [3.05, 3.63) is 34.5 Å². The minimum atomic E-state index is 0.108. The minimum Gasteiger partial charge on any atom is -0.338 e. The first kappa shape index (κ1) is 12.2. The molecule has 94 valence electrons. The maximum absolute atomic E-state index is 5.31. The van der Waals surface area contributed by atoms with Gasteiger partial charge in [0, 0.05) is 16.6 Å². The molecule has 0 spiro atoms. The third-order valence-electron chi connectivity index (χ3n) is 2.76. The van der Waals surface area contributed by atoms with Crippen molar-refractivity contribution in [3.63, 3.8) is 0 Å². The second-order valence-corrected chi connectivity index (χ2v) is 6.50. The topological polar surface area (TPSA) is 51.8 Å². The van der Waals surface area contributed by atoms with Crippen molar-refractivity contribution in [3.8, 4) is 0 Å². The maximum atomic E-state index is 5.31. The summed E-state index contributed by atoms with van der Waals surface area (Å²) < 4.78 is 6.30. The Morgan fingerprint density at radius 3 is 3.06 bits per heavy atom. The molecule has 1 saturated carbocycles. The first-order valence-electron chi connectivity index (χ1n) is 5.84. The zero-order valence-corrected chi connectivity index (χ0v) is 12.2. The average Bonchev–Trinajstić information content (AvgIpc) is 3.10. The van der Waals surface area contributed by atoms with Gasteiger partial charge in [0.25, 0.3) is 0 Å². The highest BCUT2D eigenvalue weighted by molar-refractivity contribution is 9.10. The van der Waals surface area contributed by atoms with Crippen molar-refractivity contribution in [2.75, 3.05) is 0 Å². The van der Waals surface area contributed by atoms with Crippen LogP contribution in [0.15, 0.2) is 32.4 Å². The molecule has 0 radical (unpaired) electrons. The quantitative estimate of drug-likeness (QED) is 0.796. The fraction of sp³-hybridized carbons (Fsp3) is 0.417. The number of aromatic nitrogens is 3. The Bertz CT molecular complexity index is 556. The third-order valence-corrected chi connectivity index (χ3v) is 4.77. The van der Waals surface area contributed by atoms with Gasteiger partial charge in [0.05, 0.1) is 5.25 Å². The standard InChI is InChI=1S/C12H12BrN3OS/c1-7(18-12-9(13)3-2-6-14-12)11-15-10(16-17-11)8-4-5-8/h2-3,6-8H,4-5H2,1H3/t7-/m0/s1. The van der Waals surface area contributed by atoms with E-state index < -0.39 is 0 Å². The predicted molar refractivity (Wildman–Crippen MR) is 72.5 cm³/mol. The van der Waals surface area contributed by atoms with Gasteiger partial charge in [-0.1, -0.05) is 16.9 Å². The Labute approximate surface area is 118 Å². The van der Waals surface area contributed by atoms with E-state index in [4.69, 9.17) is 4.52 Å². The van der Waals surface area contributed by atoms with Crippen LogP contribution < -0.4 is 0 Å². The van der Waals surface area contributed by atoms with Crippen LogP contribution in [0, 0.1) is 0 Å². The van der Waals surface area contributed by atoms with E-state index in [2.05, 4.69) is 38.0 Å². The summed E-state index contributed by atoms with van der Waals surface area (Å²) in [6, 6.07) is 3.88. The van der Waals surface area contributed by atoms with Crippen molar-refractivity contribution in [1.82, 2.24) is 15.1 Å². The van der Waals surface area contributed by atoms with E-state index in [0.717, 1.165) is 15.3 Å². The lowest BCUT2D eigenvalue weighted by Crippen LogP contribution is -1.91. The molecule has 4 nitrogen and oxygen atoms in total. The molecule has 1 atom stereocenters. The first-order valence-corrected chi connectivity index (χ1v) is 7.52. The van der Waals surface area contributed by atoms with Crippen LogP contribution in [0.5, 0.6) is 0 Å². The molecule has 0 saturated heterocycles. The molecule has 3 rings (SSSR count). The van der Waals surface area contributed by atoms with Crippen LogP contribution >= 0.6 is 27.7 Å². The molecule has 0 amide bonds. The summed E-state index contributed by atoms with van der Waals surface area (Å²) in [7, 11) is 0. The van der Waals surface area contributed by atoms with Crippen LogP contribution in [0.2, 0.25) is 0 Å². The Morgan fingerprint density at radius 2 is 2.33 bits per heavy atom. The minimum absolute atomic E-state index is 0.108.